The molecule has 1 saturated carbocycles. The number of rotatable bonds is 9. The van der Waals surface area contributed by atoms with Crippen LogP contribution in [0.4, 0.5) is 0 Å². The van der Waals surface area contributed by atoms with Crippen LogP contribution in [0.2, 0.25) is 0 Å². The molecule has 4 aliphatic rings. The third-order valence-corrected chi connectivity index (χ3v) is 8.83. The monoisotopic (exact) mass is 501 g/mol. The SMILES string of the molecule is C=CC1C[N+]2(Cc3cc(OCC)nc(C4CC4)n3)CCC1CC2[C@H](O)c1ccnc2ccc(OC)cc12. The molecule has 1 N–H and O–H groups in total. The van der Waals surface area contributed by atoms with Crippen LogP contribution >= 0.6 is 0 Å². The summed E-state index contributed by atoms with van der Waals surface area (Å²) in [6.07, 6.45) is 7.72. The summed E-state index contributed by atoms with van der Waals surface area (Å²) in [7, 11) is 1.67. The van der Waals surface area contributed by atoms with Crippen molar-refractivity contribution in [3.8, 4) is 11.6 Å². The van der Waals surface area contributed by atoms with Gasteiger partial charge in [-0.2, -0.15) is 4.98 Å². The zero-order valence-electron chi connectivity index (χ0n) is 21.8. The predicted molar refractivity (Wildman–Crippen MR) is 142 cm³/mol. The third-order valence-electron chi connectivity index (χ3n) is 8.83. The first-order valence-electron chi connectivity index (χ1n) is 13.6. The van der Waals surface area contributed by atoms with Crippen LogP contribution in [0.1, 0.15) is 61.7 Å². The summed E-state index contributed by atoms with van der Waals surface area (Å²) in [5.74, 6) is 3.80. The number of hydrogen-bond donors (Lipinski definition) is 1. The molecule has 2 bridgehead atoms. The van der Waals surface area contributed by atoms with Crippen molar-refractivity contribution in [3.63, 3.8) is 0 Å². The minimum absolute atomic E-state index is 0.0571. The van der Waals surface area contributed by atoms with E-state index in [4.69, 9.17) is 19.4 Å². The molecule has 0 radical (unpaired) electrons. The van der Waals surface area contributed by atoms with E-state index in [1.54, 1.807) is 13.3 Å². The molecule has 7 nitrogen and oxygen atoms in total. The summed E-state index contributed by atoms with van der Waals surface area (Å²) in [5, 5.41) is 13.0. The molecule has 1 aromatic carbocycles. The van der Waals surface area contributed by atoms with Crippen LogP contribution in [-0.4, -0.2) is 57.4 Å². The molecule has 2 aromatic heterocycles. The molecule has 3 saturated heterocycles. The first-order valence-corrected chi connectivity index (χ1v) is 13.6. The highest BCUT2D eigenvalue weighted by molar-refractivity contribution is 5.83. The van der Waals surface area contributed by atoms with Gasteiger partial charge in [0.15, 0.2) is 0 Å². The number of benzene rings is 1. The fourth-order valence-corrected chi connectivity index (χ4v) is 6.76. The fraction of sp³-hybridized carbons (Fsp3) is 0.500. The normalized spacial score (nSPS) is 27.7. The van der Waals surface area contributed by atoms with Crippen LogP contribution in [0.25, 0.3) is 10.9 Å². The van der Waals surface area contributed by atoms with Gasteiger partial charge in [-0.25, -0.2) is 4.98 Å². The maximum Gasteiger partial charge on any atom is 0.217 e. The molecule has 5 atom stereocenters. The lowest BCUT2D eigenvalue weighted by Crippen LogP contribution is -2.67. The van der Waals surface area contributed by atoms with E-state index in [0.29, 0.717) is 30.2 Å². The minimum Gasteiger partial charge on any atom is -0.497 e. The van der Waals surface area contributed by atoms with E-state index in [9.17, 15) is 5.11 Å². The van der Waals surface area contributed by atoms with E-state index in [0.717, 1.165) is 83.5 Å². The number of piperidine rings is 3. The summed E-state index contributed by atoms with van der Waals surface area (Å²) in [4.78, 5) is 14.3. The Morgan fingerprint density at radius 3 is 2.81 bits per heavy atom. The Morgan fingerprint density at radius 2 is 2.05 bits per heavy atom. The highest BCUT2D eigenvalue weighted by atomic mass is 16.5. The molecule has 7 heteroatoms. The van der Waals surface area contributed by atoms with Crippen LogP contribution in [0.15, 0.2) is 49.2 Å². The van der Waals surface area contributed by atoms with Crippen LogP contribution in [-0.2, 0) is 6.54 Å². The van der Waals surface area contributed by atoms with Gasteiger partial charge in [0.05, 0.1) is 32.3 Å². The van der Waals surface area contributed by atoms with Gasteiger partial charge in [0.1, 0.15) is 36.0 Å². The summed E-state index contributed by atoms with van der Waals surface area (Å²) in [5.41, 5.74) is 2.81. The lowest BCUT2D eigenvalue weighted by Gasteiger charge is -2.58. The molecule has 1 aliphatic carbocycles. The van der Waals surface area contributed by atoms with Crippen molar-refractivity contribution in [1.82, 2.24) is 15.0 Å². The Balaban J connectivity index is 1.40. The van der Waals surface area contributed by atoms with Crippen molar-refractivity contribution >= 4 is 10.9 Å². The summed E-state index contributed by atoms with van der Waals surface area (Å²) in [6, 6.07) is 9.92. The van der Waals surface area contributed by atoms with Crippen molar-refractivity contribution in [2.24, 2.45) is 11.8 Å². The largest absolute Gasteiger partial charge is 0.497 e. The molecular weight excluding hydrogens is 464 g/mol. The Labute approximate surface area is 218 Å². The van der Waals surface area contributed by atoms with Crippen LogP contribution in [0, 0.1) is 11.8 Å². The van der Waals surface area contributed by atoms with Gasteiger partial charge < -0.3 is 19.1 Å². The van der Waals surface area contributed by atoms with Crippen molar-refractivity contribution in [1.29, 1.82) is 0 Å². The molecule has 0 amide bonds. The number of methoxy groups -OCH3 is 1. The number of fused-ring (bicyclic) bond motifs is 4. The van der Waals surface area contributed by atoms with Crippen molar-refractivity contribution in [2.75, 3.05) is 26.8 Å². The van der Waals surface area contributed by atoms with E-state index < -0.39 is 6.10 Å². The Bertz CT molecular complexity index is 1310. The zero-order chi connectivity index (χ0) is 25.6. The minimum atomic E-state index is -0.623. The number of aromatic nitrogens is 3. The standard InChI is InChI=1S/C30H37N4O3/c1-4-19-17-34(18-22-15-28(37-5-2)33-30(32-22)20-6-7-20)13-11-21(19)14-27(34)29(35)24-10-12-31-26-9-8-23(36-3)16-25(24)26/h4,8-10,12,15-16,19-21,27,29,35H,1,5-7,11,13-14,17-18H2,2-3H3/q+1/t19?,21?,27?,29-,34?/m1/s1. The zero-order valence-corrected chi connectivity index (χ0v) is 21.8. The van der Waals surface area contributed by atoms with Gasteiger partial charge in [-0.3, -0.25) is 4.98 Å². The molecule has 4 fully saturated rings. The van der Waals surface area contributed by atoms with E-state index in [1.807, 2.05) is 37.3 Å². The summed E-state index contributed by atoms with van der Waals surface area (Å²) >= 11 is 0. The average molecular weight is 502 g/mol. The molecule has 194 valence electrons. The van der Waals surface area contributed by atoms with Crippen molar-refractivity contribution in [3.05, 3.63) is 66.3 Å². The van der Waals surface area contributed by atoms with Gasteiger partial charge in [0.2, 0.25) is 5.88 Å². The first kappa shape index (κ1) is 24.3. The Kier molecular flexibility index (Phi) is 6.37. The Hall–Kier alpha value is -3.03. The quantitative estimate of drug-likeness (QED) is 0.330. The number of aliphatic hydroxyl groups excluding tert-OH is 1. The second-order valence-corrected chi connectivity index (χ2v) is 11.0. The summed E-state index contributed by atoms with van der Waals surface area (Å²) < 4.78 is 12.1. The predicted octanol–water partition coefficient (Wildman–Crippen LogP) is 4.95. The number of ether oxygens (including phenoxy) is 2. The van der Waals surface area contributed by atoms with Crippen LogP contribution in [0.5, 0.6) is 11.6 Å². The second kappa shape index (κ2) is 9.69. The fourth-order valence-electron chi connectivity index (χ4n) is 6.76. The lowest BCUT2D eigenvalue weighted by atomic mass is 9.71. The number of pyridine rings is 1. The maximum absolute atomic E-state index is 12.1. The smallest absolute Gasteiger partial charge is 0.217 e. The van der Waals surface area contributed by atoms with E-state index >= 15 is 0 Å². The highest BCUT2D eigenvalue weighted by Gasteiger charge is 2.54. The van der Waals surface area contributed by atoms with Gasteiger partial charge >= 0.3 is 0 Å². The topological polar surface area (TPSA) is 77.4 Å². The molecule has 5 heterocycles. The molecule has 7 rings (SSSR count). The number of nitrogens with zero attached hydrogens (tertiary/aromatic N) is 4. The van der Waals surface area contributed by atoms with Gasteiger partial charge in [-0.1, -0.05) is 6.08 Å². The van der Waals surface area contributed by atoms with Crippen molar-refractivity contribution < 1.29 is 19.1 Å². The number of quaternary nitrogens is 1. The van der Waals surface area contributed by atoms with Crippen LogP contribution in [0.3, 0.4) is 0 Å². The molecule has 0 spiro atoms. The highest BCUT2D eigenvalue weighted by Crippen LogP contribution is 2.48. The summed E-state index contributed by atoms with van der Waals surface area (Å²) in [6.45, 7) is 9.50. The molecular formula is C30H37N4O3+. The van der Waals surface area contributed by atoms with Crippen molar-refractivity contribution in [2.45, 2.75) is 57.2 Å². The first-order chi connectivity index (χ1) is 18.0. The van der Waals surface area contributed by atoms with Gasteiger partial charge in [0, 0.05) is 42.3 Å². The number of hydrogen-bond acceptors (Lipinski definition) is 6. The molecule has 3 aromatic rings. The molecule has 37 heavy (non-hydrogen) atoms. The van der Waals surface area contributed by atoms with Gasteiger partial charge in [0.25, 0.3) is 0 Å². The van der Waals surface area contributed by atoms with E-state index in [-0.39, 0.29) is 6.04 Å². The van der Waals surface area contributed by atoms with Gasteiger partial charge in [-0.05, 0) is 55.5 Å². The van der Waals surface area contributed by atoms with Crippen LogP contribution < -0.4 is 9.47 Å². The second-order valence-electron chi connectivity index (χ2n) is 11.0. The Morgan fingerprint density at radius 1 is 1.19 bits per heavy atom. The average Bonchev–Trinajstić information content (AvgIpc) is 3.78. The van der Waals surface area contributed by atoms with E-state index in [1.165, 1.54) is 0 Å². The third kappa shape index (κ3) is 4.48. The lowest BCUT2D eigenvalue weighted by molar-refractivity contribution is -0.985. The van der Waals surface area contributed by atoms with Gasteiger partial charge in [-0.15, -0.1) is 6.58 Å². The number of aliphatic hydroxyl groups is 1. The maximum atomic E-state index is 12.1. The molecule has 4 unspecified atom stereocenters. The molecule has 3 aliphatic heterocycles. The van der Waals surface area contributed by atoms with E-state index in [2.05, 4.69) is 17.6 Å².